The molecule has 0 aliphatic carbocycles. The van der Waals surface area contributed by atoms with Gasteiger partial charge in [0, 0.05) is 11.8 Å². The van der Waals surface area contributed by atoms with Crippen molar-refractivity contribution in [1.29, 1.82) is 5.26 Å². The van der Waals surface area contributed by atoms with Crippen molar-refractivity contribution in [2.45, 2.75) is 19.8 Å². The van der Waals surface area contributed by atoms with E-state index in [9.17, 15) is 4.79 Å². The lowest BCUT2D eigenvalue weighted by Crippen LogP contribution is -2.21. The minimum atomic E-state index is -0.591. The SMILES string of the molecule is CCCC(C#N)C(=O)Nc1cccc(OC)c1. The third-order valence-electron chi connectivity index (χ3n) is 2.39. The number of ether oxygens (including phenoxy) is 1. The van der Waals surface area contributed by atoms with Crippen LogP contribution in [0.3, 0.4) is 0 Å². The monoisotopic (exact) mass is 232 g/mol. The summed E-state index contributed by atoms with van der Waals surface area (Å²) in [5, 5.41) is 11.6. The standard InChI is InChI=1S/C13H16N2O2/c1-3-5-10(9-14)13(16)15-11-6-4-7-12(8-11)17-2/h4,6-8,10H,3,5H2,1-2H3,(H,15,16). The van der Waals surface area contributed by atoms with Crippen molar-refractivity contribution in [3.8, 4) is 11.8 Å². The van der Waals surface area contributed by atoms with E-state index in [2.05, 4.69) is 5.32 Å². The van der Waals surface area contributed by atoms with Gasteiger partial charge in [-0.3, -0.25) is 4.79 Å². The van der Waals surface area contributed by atoms with Crippen LogP contribution in [0.25, 0.3) is 0 Å². The van der Waals surface area contributed by atoms with Gasteiger partial charge in [-0.2, -0.15) is 5.26 Å². The molecule has 0 aromatic heterocycles. The fraction of sp³-hybridized carbons (Fsp3) is 0.385. The number of carbonyl (C=O) groups excluding carboxylic acids is 1. The number of anilines is 1. The van der Waals surface area contributed by atoms with Gasteiger partial charge in [0.25, 0.3) is 0 Å². The van der Waals surface area contributed by atoms with Gasteiger partial charge >= 0.3 is 0 Å². The second-order valence-corrected chi connectivity index (χ2v) is 3.69. The molecule has 1 rings (SSSR count). The molecule has 17 heavy (non-hydrogen) atoms. The van der Waals surface area contributed by atoms with E-state index < -0.39 is 5.92 Å². The van der Waals surface area contributed by atoms with E-state index in [0.29, 0.717) is 17.9 Å². The zero-order valence-electron chi connectivity index (χ0n) is 10.1. The zero-order chi connectivity index (χ0) is 12.7. The van der Waals surface area contributed by atoms with Crippen LogP contribution in [0.5, 0.6) is 5.75 Å². The number of nitrogens with zero attached hydrogens (tertiary/aromatic N) is 1. The second-order valence-electron chi connectivity index (χ2n) is 3.69. The van der Waals surface area contributed by atoms with Gasteiger partial charge < -0.3 is 10.1 Å². The number of benzene rings is 1. The van der Waals surface area contributed by atoms with Crippen LogP contribution in [0.4, 0.5) is 5.69 Å². The minimum absolute atomic E-state index is 0.261. The highest BCUT2D eigenvalue weighted by Gasteiger charge is 2.16. The first-order valence-electron chi connectivity index (χ1n) is 5.55. The fourth-order valence-corrected chi connectivity index (χ4v) is 1.47. The Morgan fingerprint density at radius 3 is 2.94 bits per heavy atom. The smallest absolute Gasteiger partial charge is 0.241 e. The van der Waals surface area contributed by atoms with Crippen molar-refractivity contribution in [2.24, 2.45) is 5.92 Å². The highest BCUT2D eigenvalue weighted by atomic mass is 16.5. The van der Waals surface area contributed by atoms with E-state index >= 15 is 0 Å². The number of hydrogen-bond acceptors (Lipinski definition) is 3. The van der Waals surface area contributed by atoms with Crippen molar-refractivity contribution in [3.63, 3.8) is 0 Å². The molecule has 0 heterocycles. The number of amides is 1. The molecule has 0 saturated carbocycles. The quantitative estimate of drug-likeness (QED) is 0.848. The molecule has 1 aromatic carbocycles. The normalized spacial score (nSPS) is 11.4. The molecule has 0 aliphatic heterocycles. The van der Waals surface area contributed by atoms with Gasteiger partial charge in [0.15, 0.2) is 0 Å². The lowest BCUT2D eigenvalue weighted by molar-refractivity contribution is -0.118. The van der Waals surface area contributed by atoms with Crippen LogP contribution in [0.15, 0.2) is 24.3 Å². The Balaban J connectivity index is 2.70. The van der Waals surface area contributed by atoms with Crippen LogP contribution in [0.1, 0.15) is 19.8 Å². The van der Waals surface area contributed by atoms with Crippen LogP contribution in [0, 0.1) is 17.2 Å². The van der Waals surface area contributed by atoms with Crippen LogP contribution >= 0.6 is 0 Å². The molecular formula is C13H16N2O2. The third kappa shape index (κ3) is 3.80. The van der Waals surface area contributed by atoms with Gasteiger partial charge in [0.2, 0.25) is 5.91 Å². The maximum absolute atomic E-state index is 11.8. The molecule has 1 aromatic rings. The Morgan fingerprint density at radius 1 is 1.59 bits per heavy atom. The Hall–Kier alpha value is -2.02. The van der Waals surface area contributed by atoms with Gasteiger partial charge in [0.1, 0.15) is 11.7 Å². The summed E-state index contributed by atoms with van der Waals surface area (Å²) >= 11 is 0. The highest BCUT2D eigenvalue weighted by molar-refractivity contribution is 5.94. The summed E-state index contributed by atoms with van der Waals surface area (Å²) in [5.41, 5.74) is 0.644. The lowest BCUT2D eigenvalue weighted by Gasteiger charge is -2.10. The first kappa shape index (κ1) is 13.0. The number of nitrogens with one attached hydrogen (secondary N) is 1. The number of hydrogen-bond donors (Lipinski definition) is 1. The molecule has 0 spiro atoms. The Morgan fingerprint density at radius 2 is 2.35 bits per heavy atom. The average Bonchev–Trinajstić information content (AvgIpc) is 2.36. The Kier molecular flexibility index (Phi) is 5.02. The molecule has 0 saturated heterocycles. The summed E-state index contributed by atoms with van der Waals surface area (Å²) in [4.78, 5) is 11.8. The van der Waals surface area contributed by atoms with Gasteiger partial charge in [-0.05, 0) is 18.6 Å². The molecule has 1 atom stereocenters. The molecule has 0 fully saturated rings. The van der Waals surface area contributed by atoms with E-state index in [4.69, 9.17) is 10.00 Å². The molecule has 0 radical (unpaired) electrons. The van der Waals surface area contributed by atoms with Gasteiger partial charge in [-0.25, -0.2) is 0 Å². The predicted octanol–water partition coefficient (Wildman–Crippen LogP) is 2.57. The first-order chi connectivity index (χ1) is 8.21. The van der Waals surface area contributed by atoms with E-state index in [1.54, 1.807) is 31.4 Å². The summed E-state index contributed by atoms with van der Waals surface area (Å²) in [6.07, 6.45) is 1.38. The van der Waals surface area contributed by atoms with E-state index in [1.165, 1.54) is 0 Å². The summed E-state index contributed by atoms with van der Waals surface area (Å²) in [6, 6.07) is 9.08. The molecule has 4 nitrogen and oxygen atoms in total. The van der Waals surface area contributed by atoms with E-state index in [1.807, 2.05) is 13.0 Å². The van der Waals surface area contributed by atoms with Crippen LogP contribution in [-0.4, -0.2) is 13.0 Å². The molecule has 1 amide bonds. The number of carbonyl (C=O) groups is 1. The maximum atomic E-state index is 11.8. The minimum Gasteiger partial charge on any atom is -0.497 e. The van der Waals surface area contributed by atoms with Crippen LogP contribution < -0.4 is 10.1 Å². The summed E-state index contributed by atoms with van der Waals surface area (Å²) in [7, 11) is 1.57. The van der Waals surface area contributed by atoms with Gasteiger partial charge in [-0.1, -0.05) is 19.4 Å². The zero-order valence-corrected chi connectivity index (χ0v) is 10.1. The van der Waals surface area contributed by atoms with E-state index in [0.717, 1.165) is 6.42 Å². The van der Waals surface area contributed by atoms with Crippen molar-refractivity contribution < 1.29 is 9.53 Å². The van der Waals surface area contributed by atoms with Crippen molar-refractivity contribution in [2.75, 3.05) is 12.4 Å². The molecule has 1 unspecified atom stereocenters. The van der Waals surface area contributed by atoms with Crippen LogP contribution in [-0.2, 0) is 4.79 Å². The molecular weight excluding hydrogens is 216 g/mol. The predicted molar refractivity (Wildman–Crippen MR) is 65.6 cm³/mol. The molecule has 0 aliphatic rings. The topological polar surface area (TPSA) is 62.1 Å². The highest BCUT2D eigenvalue weighted by Crippen LogP contribution is 2.18. The van der Waals surface area contributed by atoms with Crippen LogP contribution in [0.2, 0.25) is 0 Å². The third-order valence-corrected chi connectivity index (χ3v) is 2.39. The molecule has 0 bridgehead atoms. The Bertz CT molecular complexity index is 424. The maximum Gasteiger partial charge on any atom is 0.241 e. The summed E-state index contributed by atoms with van der Waals surface area (Å²) in [5.74, 6) is -0.180. The molecule has 90 valence electrons. The van der Waals surface area contributed by atoms with Gasteiger partial charge in [0.05, 0.1) is 13.2 Å². The fourth-order valence-electron chi connectivity index (χ4n) is 1.47. The number of nitriles is 1. The molecule has 4 heteroatoms. The van der Waals surface area contributed by atoms with Crippen molar-refractivity contribution in [1.82, 2.24) is 0 Å². The molecule has 1 N–H and O–H groups in total. The number of methoxy groups -OCH3 is 1. The largest absolute Gasteiger partial charge is 0.497 e. The summed E-state index contributed by atoms with van der Waals surface area (Å²) < 4.78 is 5.05. The van der Waals surface area contributed by atoms with Crippen molar-refractivity contribution in [3.05, 3.63) is 24.3 Å². The second kappa shape index (κ2) is 6.54. The lowest BCUT2D eigenvalue weighted by atomic mass is 10.0. The van der Waals surface area contributed by atoms with E-state index in [-0.39, 0.29) is 5.91 Å². The number of rotatable bonds is 5. The first-order valence-corrected chi connectivity index (χ1v) is 5.55. The summed E-state index contributed by atoms with van der Waals surface area (Å²) in [6.45, 7) is 1.95. The Labute approximate surface area is 101 Å². The van der Waals surface area contributed by atoms with Gasteiger partial charge in [-0.15, -0.1) is 0 Å². The van der Waals surface area contributed by atoms with Crippen molar-refractivity contribution >= 4 is 11.6 Å². The average molecular weight is 232 g/mol.